The highest BCUT2D eigenvalue weighted by atomic mass is 19.1. The van der Waals surface area contributed by atoms with Gasteiger partial charge in [0.2, 0.25) is 0 Å². The van der Waals surface area contributed by atoms with Crippen molar-refractivity contribution in [1.29, 1.82) is 0 Å². The zero-order valence-corrected chi connectivity index (χ0v) is 27.1. The van der Waals surface area contributed by atoms with Crippen molar-refractivity contribution in [3.8, 4) is 0 Å². The Bertz CT molecular complexity index is 1330. The summed E-state index contributed by atoms with van der Waals surface area (Å²) in [5, 5.41) is 22.8. The maximum Gasteiger partial charge on any atom is 0.328 e. The van der Waals surface area contributed by atoms with E-state index in [1.165, 1.54) is 18.2 Å². The molecule has 244 valence electrons. The largest absolute Gasteiger partial charge is 0.478 e. The minimum Gasteiger partial charge on any atom is -0.478 e. The van der Waals surface area contributed by atoms with Crippen LogP contribution < -0.4 is 5.32 Å². The Morgan fingerprint density at radius 3 is 2.51 bits per heavy atom. The molecule has 45 heavy (non-hydrogen) atoms. The minimum atomic E-state index is -1.16. The van der Waals surface area contributed by atoms with Crippen molar-refractivity contribution in [3.63, 3.8) is 0 Å². The van der Waals surface area contributed by atoms with Crippen LogP contribution in [-0.4, -0.2) is 60.0 Å². The number of aliphatic hydroxyl groups excluding tert-OH is 1. The van der Waals surface area contributed by atoms with Crippen LogP contribution in [0.25, 0.3) is 0 Å². The fourth-order valence-corrected chi connectivity index (χ4v) is 3.74. The van der Waals surface area contributed by atoms with Gasteiger partial charge >= 0.3 is 5.97 Å². The lowest BCUT2D eigenvalue weighted by atomic mass is 10.1. The van der Waals surface area contributed by atoms with Crippen LogP contribution in [0.1, 0.15) is 46.6 Å². The Morgan fingerprint density at radius 1 is 1.16 bits per heavy atom. The van der Waals surface area contributed by atoms with Gasteiger partial charge in [-0.25, -0.2) is 14.2 Å². The third kappa shape index (κ3) is 16.8. The van der Waals surface area contributed by atoms with Crippen LogP contribution in [0.2, 0.25) is 0 Å². The average Bonchev–Trinajstić information content (AvgIpc) is 2.99. The molecular formula is C36H48FN3O5. The molecule has 0 aliphatic heterocycles. The lowest BCUT2D eigenvalue weighted by molar-refractivity contribution is -0.131. The van der Waals surface area contributed by atoms with E-state index in [0.29, 0.717) is 42.4 Å². The molecule has 0 aliphatic rings. The quantitative estimate of drug-likeness (QED) is 0.0259. The molecule has 0 amide bonds. The first-order chi connectivity index (χ1) is 21.5. The topological polar surface area (TPSA) is 104 Å². The van der Waals surface area contributed by atoms with Crippen LogP contribution >= 0.6 is 0 Å². The Labute approximate surface area is 267 Å². The van der Waals surface area contributed by atoms with Crippen molar-refractivity contribution >= 4 is 12.3 Å². The first-order valence-corrected chi connectivity index (χ1v) is 14.8. The SMILES string of the molecule is C=C/C=C(\C=C\C(=O)O)COCCCN(C=N/C=C(\C=C)NC(O)C(OC(/C=C\Cc1cccc(F)c1)=C(C)C)=C(C)C)CC. The van der Waals surface area contributed by atoms with Gasteiger partial charge in [-0.15, -0.1) is 0 Å². The Hall–Kier alpha value is -4.47. The molecule has 0 radical (unpaired) electrons. The second-order valence-electron chi connectivity index (χ2n) is 10.4. The van der Waals surface area contributed by atoms with Crippen molar-refractivity contribution in [2.24, 2.45) is 4.99 Å². The van der Waals surface area contributed by atoms with Crippen LogP contribution in [0.4, 0.5) is 4.39 Å². The maximum atomic E-state index is 13.5. The number of carbonyl (C=O) groups is 1. The van der Waals surface area contributed by atoms with Crippen LogP contribution in [-0.2, 0) is 20.7 Å². The van der Waals surface area contributed by atoms with Gasteiger partial charge < -0.3 is 29.9 Å². The fourth-order valence-electron chi connectivity index (χ4n) is 3.74. The summed E-state index contributed by atoms with van der Waals surface area (Å²) in [6.45, 7) is 19.2. The van der Waals surface area contributed by atoms with E-state index in [9.17, 15) is 14.3 Å². The van der Waals surface area contributed by atoms with Crippen molar-refractivity contribution in [2.75, 3.05) is 26.3 Å². The summed E-state index contributed by atoms with van der Waals surface area (Å²) in [6, 6.07) is 6.44. The van der Waals surface area contributed by atoms with Crippen LogP contribution in [0.5, 0.6) is 0 Å². The number of nitrogens with one attached hydrogen (secondary N) is 1. The number of aliphatic carboxylic acids is 1. The zero-order chi connectivity index (χ0) is 33.6. The summed E-state index contributed by atoms with van der Waals surface area (Å²) in [6.07, 6.45) is 14.5. The van der Waals surface area contributed by atoms with E-state index in [2.05, 4.69) is 23.5 Å². The van der Waals surface area contributed by atoms with Crippen molar-refractivity contribution in [2.45, 2.75) is 53.7 Å². The van der Waals surface area contributed by atoms with E-state index in [4.69, 9.17) is 14.6 Å². The van der Waals surface area contributed by atoms with E-state index >= 15 is 0 Å². The van der Waals surface area contributed by atoms with Gasteiger partial charge in [0.1, 0.15) is 11.6 Å². The molecule has 0 saturated carbocycles. The summed E-state index contributed by atoms with van der Waals surface area (Å²) in [5.41, 5.74) is 3.75. The number of carboxylic acid groups (broad SMARTS) is 1. The third-order valence-corrected chi connectivity index (χ3v) is 6.11. The Morgan fingerprint density at radius 2 is 1.91 bits per heavy atom. The summed E-state index contributed by atoms with van der Waals surface area (Å²) >= 11 is 0. The van der Waals surface area contributed by atoms with E-state index < -0.39 is 12.2 Å². The number of carboxylic acids is 1. The number of halogens is 1. The van der Waals surface area contributed by atoms with E-state index in [1.807, 2.05) is 57.7 Å². The van der Waals surface area contributed by atoms with Crippen molar-refractivity contribution < 1.29 is 28.9 Å². The number of rotatable bonds is 21. The first-order valence-electron chi connectivity index (χ1n) is 14.8. The summed E-state index contributed by atoms with van der Waals surface area (Å²) < 4.78 is 25.3. The highest BCUT2D eigenvalue weighted by Crippen LogP contribution is 2.19. The number of hydrogen-bond acceptors (Lipinski definition) is 6. The fraction of sp³-hybridized carbons (Fsp3) is 0.333. The highest BCUT2D eigenvalue weighted by Gasteiger charge is 2.16. The van der Waals surface area contributed by atoms with Gasteiger partial charge in [-0.2, -0.15) is 0 Å². The van der Waals surface area contributed by atoms with Gasteiger partial charge in [-0.3, -0.25) is 0 Å². The Balaban J connectivity index is 2.76. The van der Waals surface area contributed by atoms with Gasteiger partial charge in [0, 0.05) is 25.8 Å². The molecule has 0 fully saturated rings. The molecule has 0 heterocycles. The molecule has 1 aromatic carbocycles. The van der Waals surface area contributed by atoms with Gasteiger partial charge in [0.25, 0.3) is 0 Å². The predicted octanol–water partition coefficient (Wildman–Crippen LogP) is 6.97. The molecule has 3 N–H and O–H groups in total. The monoisotopic (exact) mass is 621 g/mol. The number of aliphatic hydroxyl groups is 1. The number of hydrogen-bond donors (Lipinski definition) is 3. The van der Waals surface area contributed by atoms with Gasteiger partial charge in [0.15, 0.2) is 12.0 Å². The normalized spacial score (nSPS) is 12.8. The number of allylic oxidation sites excluding steroid dienone is 7. The second-order valence-corrected chi connectivity index (χ2v) is 10.4. The zero-order valence-electron chi connectivity index (χ0n) is 27.1. The van der Waals surface area contributed by atoms with E-state index in [0.717, 1.165) is 35.8 Å². The molecule has 1 atom stereocenters. The number of aliphatic imine (C=N–C) groups is 1. The number of benzene rings is 1. The Kier molecular flexibility index (Phi) is 18.9. The average molecular weight is 622 g/mol. The van der Waals surface area contributed by atoms with Gasteiger partial charge in [-0.1, -0.05) is 43.5 Å². The molecular weight excluding hydrogens is 573 g/mol. The van der Waals surface area contributed by atoms with Crippen molar-refractivity contribution in [1.82, 2.24) is 10.2 Å². The molecule has 8 nitrogen and oxygen atoms in total. The van der Waals surface area contributed by atoms with Crippen LogP contribution in [0.15, 0.2) is 125 Å². The molecule has 1 unspecified atom stereocenters. The van der Waals surface area contributed by atoms with Crippen molar-refractivity contribution in [3.05, 3.63) is 131 Å². The third-order valence-electron chi connectivity index (χ3n) is 6.11. The molecule has 9 heteroatoms. The lowest BCUT2D eigenvalue weighted by Gasteiger charge is -2.21. The highest BCUT2D eigenvalue weighted by molar-refractivity contribution is 5.80. The lowest BCUT2D eigenvalue weighted by Crippen LogP contribution is -2.31. The molecule has 0 saturated heterocycles. The maximum absolute atomic E-state index is 13.5. The molecule has 1 rings (SSSR count). The second kappa shape index (κ2) is 22.1. The minimum absolute atomic E-state index is 0.277. The van der Waals surface area contributed by atoms with E-state index in [-0.39, 0.29) is 12.4 Å². The molecule has 0 spiro atoms. The summed E-state index contributed by atoms with van der Waals surface area (Å²) in [4.78, 5) is 17.2. The van der Waals surface area contributed by atoms with Crippen LogP contribution in [0.3, 0.4) is 0 Å². The summed E-state index contributed by atoms with van der Waals surface area (Å²) in [7, 11) is 0. The molecule has 0 bridgehead atoms. The standard InChI is InChI=1S/C36H48FN3O5/c1-8-14-30(19-20-34(41)42)25-44-22-13-21-40(10-3)26-38-24-32(9-2)39-36(43)35(28(6)7)45-33(27(4)5)18-12-16-29-15-11-17-31(37)23-29/h8-9,11-12,14-15,17-20,23-24,26,36,39,43H,1-2,10,13,16,21-22,25H2,3-7H3,(H,41,42)/b18-12-,20-19+,30-14+,32-24+,38-26?. The first kappa shape index (κ1) is 38.6. The van der Waals surface area contributed by atoms with Gasteiger partial charge in [-0.05, 0) is 100 Å². The molecule has 1 aromatic rings. The molecule has 0 aromatic heterocycles. The number of nitrogens with zero attached hydrogens (tertiary/aromatic N) is 2. The summed E-state index contributed by atoms with van der Waals surface area (Å²) in [5.74, 6) is -0.371. The van der Waals surface area contributed by atoms with Gasteiger partial charge in [0.05, 0.1) is 24.8 Å². The van der Waals surface area contributed by atoms with Crippen LogP contribution in [0, 0.1) is 5.82 Å². The number of ether oxygens (including phenoxy) is 2. The smallest absolute Gasteiger partial charge is 0.328 e. The molecule has 0 aliphatic carbocycles. The van der Waals surface area contributed by atoms with E-state index in [1.54, 1.807) is 36.8 Å². The predicted molar refractivity (Wildman–Crippen MR) is 181 cm³/mol.